The summed E-state index contributed by atoms with van der Waals surface area (Å²) in [7, 11) is 5.58. The molecule has 15 heavy (non-hydrogen) atoms. The average molecular weight is 217 g/mol. The third-order valence-electron chi connectivity index (χ3n) is 2.42. The number of methoxy groups -OCH3 is 1. The monoisotopic (exact) mass is 217 g/mol. The number of amides is 1. The first-order valence-corrected chi connectivity index (χ1v) is 5.11. The maximum Gasteiger partial charge on any atom is 0.237 e. The molecule has 1 amide bonds. The molecule has 0 aliphatic carbocycles. The van der Waals surface area contributed by atoms with Crippen molar-refractivity contribution >= 4 is 5.91 Å². The molecule has 0 bridgehead atoms. The van der Waals surface area contributed by atoms with Crippen molar-refractivity contribution in [3.63, 3.8) is 0 Å². The van der Waals surface area contributed by atoms with Crippen molar-refractivity contribution in [2.45, 2.75) is 18.9 Å². The van der Waals surface area contributed by atoms with Crippen molar-refractivity contribution < 1.29 is 9.53 Å². The highest BCUT2D eigenvalue weighted by Gasteiger charge is 2.29. The van der Waals surface area contributed by atoms with Gasteiger partial charge in [0.2, 0.25) is 5.91 Å². The molecule has 5 nitrogen and oxygen atoms in total. The van der Waals surface area contributed by atoms with Crippen LogP contribution < -0.4 is 11.1 Å². The molecule has 1 atom stereocenters. The lowest BCUT2D eigenvalue weighted by Crippen LogP contribution is -2.55. The molecule has 1 unspecified atom stereocenters. The molecule has 5 heteroatoms. The molecule has 0 spiro atoms. The Labute approximate surface area is 91.9 Å². The van der Waals surface area contributed by atoms with Gasteiger partial charge in [0.25, 0.3) is 0 Å². The van der Waals surface area contributed by atoms with Crippen molar-refractivity contribution in [1.82, 2.24) is 10.2 Å². The summed E-state index contributed by atoms with van der Waals surface area (Å²) in [4.78, 5) is 13.3. The Balaban J connectivity index is 4.07. The lowest BCUT2D eigenvalue weighted by molar-refractivity contribution is -0.124. The van der Waals surface area contributed by atoms with E-state index in [0.717, 1.165) is 13.1 Å². The van der Waals surface area contributed by atoms with Crippen molar-refractivity contribution in [1.29, 1.82) is 0 Å². The minimum absolute atomic E-state index is 0.335. The van der Waals surface area contributed by atoms with Crippen LogP contribution in [0.4, 0.5) is 0 Å². The Bertz CT molecular complexity index is 197. The number of carbonyl (C=O) groups is 1. The number of rotatable bonds is 8. The largest absolute Gasteiger partial charge is 0.385 e. The zero-order valence-corrected chi connectivity index (χ0v) is 10.2. The molecular weight excluding hydrogens is 194 g/mol. The van der Waals surface area contributed by atoms with E-state index in [-0.39, 0.29) is 5.91 Å². The summed E-state index contributed by atoms with van der Waals surface area (Å²) in [6.07, 6.45) is 0.590. The summed E-state index contributed by atoms with van der Waals surface area (Å²) in [5.41, 5.74) is 4.68. The minimum atomic E-state index is -0.675. The number of hydrogen-bond acceptors (Lipinski definition) is 4. The SMILES string of the molecule is COCCC(C)(NCCN(C)C)C(N)=O. The van der Waals surface area contributed by atoms with Gasteiger partial charge in [-0.2, -0.15) is 0 Å². The third-order valence-corrected chi connectivity index (χ3v) is 2.42. The molecule has 0 aromatic rings. The lowest BCUT2D eigenvalue weighted by Gasteiger charge is -2.28. The molecule has 0 saturated heterocycles. The van der Waals surface area contributed by atoms with Crippen LogP contribution in [-0.4, -0.2) is 57.2 Å². The molecule has 0 rings (SSSR count). The number of nitrogens with one attached hydrogen (secondary N) is 1. The summed E-state index contributed by atoms with van der Waals surface area (Å²) in [5.74, 6) is -0.335. The topological polar surface area (TPSA) is 67.6 Å². The first kappa shape index (κ1) is 14.3. The molecule has 0 heterocycles. The van der Waals surface area contributed by atoms with Crippen LogP contribution in [0, 0.1) is 0 Å². The van der Waals surface area contributed by atoms with Crippen LogP contribution in [0.25, 0.3) is 0 Å². The number of nitrogens with two attached hydrogens (primary N) is 1. The van der Waals surface area contributed by atoms with Crippen molar-refractivity contribution in [3.8, 4) is 0 Å². The van der Waals surface area contributed by atoms with E-state index in [0.29, 0.717) is 13.0 Å². The highest BCUT2D eigenvalue weighted by atomic mass is 16.5. The Morgan fingerprint density at radius 2 is 2.13 bits per heavy atom. The highest BCUT2D eigenvalue weighted by Crippen LogP contribution is 2.08. The standard InChI is InChI=1S/C10H23N3O2/c1-10(9(11)14,5-8-15-4)12-6-7-13(2)3/h12H,5-8H2,1-4H3,(H2,11,14). The van der Waals surface area contributed by atoms with Gasteiger partial charge in [-0.1, -0.05) is 0 Å². The van der Waals surface area contributed by atoms with Crippen LogP contribution in [0.15, 0.2) is 0 Å². The van der Waals surface area contributed by atoms with Crippen LogP contribution in [0.1, 0.15) is 13.3 Å². The second kappa shape index (κ2) is 6.76. The van der Waals surface area contributed by atoms with Crippen molar-refractivity contribution in [2.24, 2.45) is 5.73 Å². The Morgan fingerprint density at radius 3 is 2.53 bits per heavy atom. The van der Waals surface area contributed by atoms with E-state index >= 15 is 0 Å². The number of hydrogen-bond donors (Lipinski definition) is 2. The zero-order valence-electron chi connectivity index (χ0n) is 10.2. The number of ether oxygens (including phenoxy) is 1. The van der Waals surface area contributed by atoms with E-state index in [9.17, 15) is 4.79 Å². The van der Waals surface area contributed by atoms with Gasteiger partial charge in [-0.3, -0.25) is 4.79 Å². The molecule has 0 aliphatic heterocycles. The van der Waals surface area contributed by atoms with Gasteiger partial charge in [0.05, 0.1) is 5.54 Å². The van der Waals surface area contributed by atoms with E-state index in [1.54, 1.807) is 7.11 Å². The Hall–Kier alpha value is -0.650. The van der Waals surface area contributed by atoms with Crippen LogP contribution >= 0.6 is 0 Å². The van der Waals surface area contributed by atoms with E-state index in [2.05, 4.69) is 5.32 Å². The molecule has 90 valence electrons. The van der Waals surface area contributed by atoms with E-state index < -0.39 is 5.54 Å². The second-order valence-electron chi connectivity index (χ2n) is 4.17. The molecule has 0 aliphatic rings. The first-order valence-electron chi connectivity index (χ1n) is 5.11. The molecule has 0 saturated carbocycles. The maximum atomic E-state index is 11.3. The van der Waals surface area contributed by atoms with E-state index in [1.165, 1.54) is 0 Å². The van der Waals surface area contributed by atoms with Crippen LogP contribution in [0.2, 0.25) is 0 Å². The molecule has 0 aromatic carbocycles. The number of likely N-dealkylation sites (N-methyl/N-ethyl adjacent to an activating group) is 1. The summed E-state index contributed by atoms with van der Waals surface area (Å²) >= 11 is 0. The molecule has 0 radical (unpaired) electrons. The van der Waals surface area contributed by atoms with E-state index in [1.807, 2.05) is 25.9 Å². The fourth-order valence-corrected chi connectivity index (χ4v) is 1.16. The summed E-state index contributed by atoms with van der Waals surface area (Å²) < 4.78 is 4.96. The summed E-state index contributed by atoms with van der Waals surface area (Å²) in [5, 5.41) is 3.17. The van der Waals surface area contributed by atoms with Gasteiger partial charge >= 0.3 is 0 Å². The highest BCUT2D eigenvalue weighted by molar-refractivity contribution is 5.84. The number of nitrogens with zero attached hydrogens (tertiary/aromatic N) is 1. The molecular formula is C10H23N3O2. The van der Waals surface area contributed by atoms with Gasteiger partial charge in [-0.15, -0.1) is 0 Å². The predicted molar refractivity (Wildman–Crippen MR) is 60.6 cm³/mol. The van der Waals surface area contributed by atoms with Gasteiger partial charge < -0.3 is 20.7 Å². The molecule has 0 fully saturated rings. The summed E-state index contributed by atoms with van der Waals surface area (Å²) in [6.45, 7) is 3.93. The Kier molecular flexibility index (Phi) is 6.47. The lowest BCUT2D eigenvalue weighted by atomic mass is 9.97. The fourth-order valence-electron chi connectivity index (χ4n) is 1.16. The number of primary amides is 1. The zero-order chi connectivity index (χ0) is 11.9. The quantitative estimate of drug-likeness (QED) is 0.571. The second-order valence-corrected chi connectivity index (χ2v) is 4.17. The van der Waals surface area contributed by atoms with Gasteiger partial charge in [0, 0.05) is 26.8 Å². The van der Waals surface area contributed by atoms with Crippen LogP contribution in [-0.2, 0) is 9.53 Å². The predicted octanol–water partition coefficient (Wildman–Crippen LogP) is -0.582. The Morgan fingerprint density at radius 1 is 1.53 bits per heavy atom. The van der Waals surface area contributed by atoms with Crippen molar-refractivity contribution in [3.05, 3.63) is 0 Å². The third kappa shape index (κ3) is 5.71. The van der Waals surface area contributed by atoms with E-state index in [4.69, 9.17) is 10.5 Å². The number of carbonyl (C=O) groups excluding carboxylic acids is 1. The maximum absolute atomic E-state index is 11.3. The van der Waals surface area contributed by atoms with Crippen LogP contribution in [0.3, 0.4) is 0 Å². The van der Waals surface area contributed by atoms with Crippen LogP contribution in [0.5, 0.6) is 0 Å². The minimum Gasteiger partial charge on any atom is -0.385 e. The van der Waals surface area contributed by atoms with Gasteiger partial charge in [0.15, 0.2) is 0 Å². The normalized spacial score (nSPS) is 15.3. The first-order chi connectivity index (χ1) is 6.92. The molecule has 3 N–H and O–H groups in total. The molecule has 0 aromatic heterocycles. The van der Waals surface area contributed by atoms with Gasteiger partial charge in [0.1, 0.15) is 0 Å². The smallest absolute Gasteiger partial charge is 0.237 e. The van der Waals surface area contributed by atoms with Gasteiger partial charge in [-0.05, 0) is 27.4 Å². The van der Waals surface area contributed by atoms with Crippen molar-refractivity contribution in [2.75, 3.05) is 40.9 Å². The van der Waals surface area contributed by atoms with Gasteiger partial charge in [-0.25, -0.2) is 0 Å². The fraction of sp³-hybridized carbons (Fsp3) is 0.900. The summed E-state index contributed by atoms with van der Waals surface area (Å²) in [6, 6.07) is 0. The average Bonchev–Trinajstić information content (AvgIpc) is 2.14.